The molecule has 0 bridgehead atoms. The van der Waals surface area contributed by atoms with E-state index in [-0.39, 0.29) is 27.2 Å². The Morgan fingerprint density at radius 1 is 1.41 bits per heavy atom. The van der Waals surface area contributed by atoms with E-state index in [1.54, 1.807) is 5.10 Å². The number of carboxylic acid groups (broad SMARTS) is 1. The van der Waals surface area contributed by atoms with E-state index >= 15 is 0 Å². The van der Waals surface area contributed by atoms with E-state index in [0.717, 1.165) is 12.1 Å². The van der Waals surface area contributed by atoms with Crippen LogP contribution in [0.15, 0.2) is 12.1 Å². The fourth-order valence-corrected chi connectivity index (χ4v) is 2.62. The number of carboxylic acids is 1. The first-order chi connectivity index (χ1) is 10.2. The van der Waals surface area contributed by atoms with Gasteiger partial charge in [-0.05, 0) is 12.1 Å². The number of benzene rings is 1. The largest absolute Gasteiger partial charge is 0.478 e. The number of alkyl halides is 4. The van der Waals surface area contributed by atoms with Crippen molar-refractivity contribution in [1.29, 1.82) is 0 Å². The van der Waals surface area contributed by atoms with Crippen molar-refractivity contribution >= 4 is 33.5 Å². The molecule has 0 saturated carbocycles. The number of nitrogens with zero attached hydrogens (tertiary/aromatic N) is 1. The maximum Gasteiger partial charge on any atom is 0.433 e. The van der Waals surface area contributed by atoms with E-state index < -0.39 is 29.2 Å². The first kappa shape index (κ1) is 16.8. The third-order valence-corrected chi connectivity index (χ3v) is 3.70. The maximum absolute atomic E-state index is 14.0. The van der Waals surface area contributed by atoms with Gasteiger partial charge in [-0.25, -0.2) is 9.18 Å². The highest BCUT2D eigenvalue weighted by atomic mass is 79.9. The molecule has 1 aromatic carbocycles. The number of hydrogen-bond donors (Lipinski definition) is 2. The molecule has 2 aromatic rings. The van der Waals surface area contributed by atoms with Gasteiger partial charge >= 0.3 is 12.1 Å². The highest BCUT2D eigenvalue weighted by molar-refractivity contribution is 9.08. The number of hydrogen-bond acceptors (Lipinski definition) is 2. The molecule has 0 aliphatic heterocycles. The topological polar surface area (TPSA) is 66.0 Å². The molecule has 1 aromatic heterocycles. The summed E-state index contributed by atoms with van der Waals surface area (Å²) in [6, 6.07) is 1.57. The van der Waals surface area contributed by atoms with Crippen LogP contribution in [0.4, 0.5) is 17.6 Å². The van der Waals surface area contributed by atoms with Gasteiger partial charge < -0.3 is 5.11 Å². The molecule has 0 aliphatic carbocycles. The molecule has 0 spiro atoms. The number of rotatable bonds is 3. The van der Waals surface area contributed by atoms with Crippen LogP contribution in [0.25, 0.3) is 11.3 Å². The van der Waals surface area contributed by atoms with Crippen LogP contribution < -0.4 is 0 Å². The average Bonchev–Trinajstić information content (AvgIpc) is 2.81. The molecule has 1 heterocycles. The Labute approximate surface area is 134 Å². The van der Waals surface area contributed by atoms with Crippen molar-refractivity contribution in [3.8, 4) is 11.3 Å². The molecule has 2 N–H and O–H groups in total. The SMILES string of the molecule is O=C(O)c1cc(-c2n[nH]c(C(F)(F)F)c2CBr)c(F)cc1Cl. The number of halogens is 6. The quantitative estimate of drug-likeness (QED) is 0.589. The Balaban J connectivity index is 2.70. The lowest BCUT2D eigenvalue weighted by molar-refractivity contribution is -0.141. The molecule has 0 atom stereocenters. The number of nitrogens with one attached hydrogen (secondary N) is 1. The summed E-state index contributed by atoms with van der Waals surface area (Å²) in [5.74, 6) is -2.41. The van der Waals surface area contributed by atoms with Crippen LogP contribution in [-0.4, -0.2) is 21.3 Å². The molecule has 10 heteroatoms. The monoisotopic (exact) mass is 400 g/mol. The summed E-state index contributed by atoms with van der Waals surface area (Å²) >= 11 is 8.49. The molecule has 0 fully saturated rings. The molecule has 0 amide bonds. The molecule has 0 unspecified atom stereocenters. The van der Waals surface area contributed by atoms with Crippen molar-refractivity contribution in [3.63, 3.8) is 0 Å². The number of aromatic carboxylic acids is 1. The van der Waals surface area contributed by atoms with Crippen molar-refractivity contribution in [1.82, 2.24) is 10.2 Å². The van der Waals surface area contributed by atoms with E-state index in [0.29, 0.717) is 0 Å². The van der Waals surface area contributed by atoms with E-state index in [4.69, 9.17) is 16.7 Å². The smallest absolute Gasteiger partial charge is 0.433 e. The van der Waals surface area contributed by atoms with Gasteiger partial charge in [-0.15, -0.1) is 0 Å². The summed E-state index contributed by atoms with van der Waals surface area (Å²) in [7, 11) is 0. The number of carbonyl (C=O) groups is 1. The summed E-state index contributed by atoms with van der Waals surface area (Å²) in [6.07, 6.45) is -4.70. The molecular formula is C12H6BrClF4N2O2. The van der Waals surface area contributed by atoms with Crippen LogP contribution in [-0.2, 0) is 11.5 Å². The van der Waals surface area contributed by atoms with E-state index in [1.807, 2.05) is 0 Å². The van der Waals surface area contributed by atoms with Crippen LogP contribution in [0.2, 0.25) is 5.02 Å². The van der Waals surface area contributed by atoms with Crippen molar-refractivity contribution in [3.05, 3.63) is 39.8 Å². The normalized spacial score (nSPS) is 11.7. The van der Waals surface area contributed by atoms with Crippen LogP contribution in [0.5, 0.6) is 0 Å². The second kappa shape index (κ2) is 5.88. The minimum atomic E-state index is -4.70. The van der Waals surface area contributed by atoms with Crippen molar-refractivity contribution in [2.24, 2.45) is 0 Å². The predicted octanol–water partition coefficient (Wildman–Crippen LogP) is 4.48. The van der Waals surface area contributed by atoms with Crippen molar-refractivity contribution in [2.45, 2.75) is 11.5 Å². The average molecular weight is 402 g/mol. The molecule has 0 aliphatic rings. The lowest BCUT2D eigenvalue weighted by Gasteiger charge is -2.08. The Bertz CT molecular complexity index is 745. The lowest BCUT2D eigenvalue weighted by Crippen LogP contribution is -2.08. The van der Waals surface area contributed by atoms with Crippen molar-refractivity contribution in [2.75, 3.05) is 0 Å². The zero-order chi connectivity index (χ0) is 16.7. The van der Waals surface area contributed by atoms with E-state index in [9.17, 15) is 22.4 Å². The third-order valence-electron chi connectivity index (χ3n) is 2.83. The van der Waals surface area contributed by atoms with Gasteiger partial charge in [0.1, 0.15) is 11.5 Å². The molecule has 22 heavy (non-hydrogen) atoms. The lowest BCUT2D eigenvalue weighted by atomic mass is 10.0. The van der Waals surface area contributed by atoms with Gasteiger partial charge in [0.15, 0.2) is 0 Å². The summed E-state index contributed by atoms with van der Waals surface area (Å²) in [5, 5.41) is 13.6. The summed E-state index contributed by atoms with van der Waals surface area (Å²) < 4.78 is 52.5. The summed E-state index contributed by atoms with van der Waals surface area (Å²) in [6.45, 7) is 0. The van der Waals surface area contributed by atoms with Gasteiger partial charge in [-0.1, -0.05) is 27.5 Å². The maximum atomic E-state index is 14.0. The molecule has 0 saturated heterocycles. The van der Waals surface area contributed by atoms with Gasteiger partial charge in [0.25, 0.3) is 0 Å². The summed E-state index contributed by atoms with van der Waals surface area (Å²) in [5.41, 5.74) is -2.62. The third kappa shape index (κ3) is 2.95. The summed E-state index contributed by atoms with van der Waals surface area (Å²) in [4.78, 5) is 11.0. The number of H-pyrrole nitrogens is 1. The van der Waals surface area contributed by atoms with E-state index in [1.165, 1.54) is 0 Å². The van der Waals surface area contributed by atoms with Gasteiger partial charge in [-0.3, -0.25) is 5.10 Å². The first-order valence-electron chi connectivity index (χ1n) is 5.60. The number of aromatic amines is 1. The Kier molecular flexibility index (Phi) is 4.48. The van der Waals surface area contributed by atoms with Gasteiger partial charge in [0.2, 0.25) is 0 Å². The minimum Gasteiger partial charge on any atom is -0.478 e. The fraction of sp³-hybridized carbons (Fsp3) is 0.167. The van der Waals surface area contributed by atoms with Gasteiger partial charge in [-0.2, -0.15) is 18.3 Å². The Morgan fingerprint density at radius 3 is 2.55 bits per heavy atom. The standard InChI is InChI=1S/C12H6BrClF4N2O2/c13-3-6-9(19-20-10(6)12(16,17)18)5-1-4(11(21)22)7(14)2-8(5)15/h1-2H,3H2,(H,19,20)(H,21,22). The molecule has 4 nitrogen and oxygen atoms in total. The zero-order valence-electron chi connectivity index (χ0n) is 10.4. The second-order valence-corrected chi connectivity index (χ2v) is 5.14. The highest BCUT2D eigenvalue weighted by Crippen LogP contribution is 2.37. The molecular weight excluding hydrogens is 395 g/mol. The Hall–Kier alpha value is -1.61. The predicted molar refractivity (Wildman–Crippen MR) is 73.6 cm³/mol. The second-order valence-electron chi connectivity index (χ2n) is 4.17. The fourth-order valence-electron chi connectivity index (χ4n) is 1.85. The Morgan fingerprint density at radius 2 is 2.05 bits per heavy atom. The van der Waals surface area contributed by atoms with Crippen LogP contribution in [0.3, 0.4) is 0 Å². The van der Waals surface area contributed by atoms with Crippen LogP contribution in [0.1, 0.15) is 21.6 Å². The van der Waals surface area contributed by atoms with Crippen LogP contribution in [0, 0.1) is 5.82 Å². The highest BCUT2D eigenvalue weighted by Gasteiger charge is 2.37. The first-order valence-corrected chi connectivity index (χ1v) is 7.09. The number of aromatic nitrogens is 2. The van der Waals surface area contributed by atoms with E-state index in [2.05, 4.69) is 21.0 Å². The molecule has 2 rings (SSSR count). The zero-order valence-corrected chi connectivity index (χ0v) is 12.8. The molecule has 118 valence electrons. The molecule has 0 radical (unpaired) electrons. The van der Waals surface area contributed by atoms with Crippen molar-refractivity contribution < 1.29 is 27.5 Å². The van der Waals surface area contributed by atoms with Crippen LogP contribution >= 0.6 is 27.5 Å². The van der Waals surface area contributed by atoms with Gasteiger partial charge in [0.05, 0.1) is 16.3 Å². The minimum absolute atomic E-state index is 0.252. The van der Waals surface area contributed by atoms with Gasteiger partial charge in [0, 0.05) is 16.5 Å².